The number of carbonyl (C=O) groups is 1. The number of nitrogens with one attached hydrogen (secondary N) is 1. The number of hydrogen-bond acceptors (Lipinski definition) is 3. The molecule has 140 valence electrons. The van der Waals surface area contributed by atoms with Gasteiger partial charge in [0, 0.05) is 23.7 Å². The maximum Gasteiger partial charge on any atom is 0.232 e. The molecule has 7 heteroatoms. The van der Waals surface area contributed by atoms with Crippen molar-refractivity contribution in [2.45, 2.75) is 27.2 Å². The fraction of sp³-hybridized carbons (Fsp3) is 0.316. The Bertz CT molecular complexity index is 903. The highest BCUT2D eigenvalue weighted by atomic mass is 35.5. The van der Waals surface area contributed by atoms with Crippen molar-refractivity contribution in [3.63, 3.8) is 0 Å². The summed E-state index contributed by atoms with van der Waals surface area (Å²) in [5.74, 6) is -0.275. The Hall–Kier alpha value is -2.05. The summed E-state index contributed by atoms with van der Waals surface area (Å²) < 4.78 is 25.9. The second kappa shape index (κ2) is 8.10. The number of anilines is 2. The van der Waals surface area contributed by atoms with Gasteiger partial charge < -0.3 is 5.32 Å². The molecule has 2 aromatic carbocycles. The molecule has 0 saturated heterocycles. The lowest BCUT2D eigenvalue weighted by Gasteiger charge is -2.26. The number of halogens is 1. The minimum atomic E-state index is -3.52. The van der Waals surface area contributed by atoms with Crippen LogP contribution < -0.4 is 9.62 Å². The summed E-state index contributed by atoms with van der Waals surface area (Å²) in [6, 6.07) is 10.7. The van der Waals surface area contributed by atoms with Crippen LogP contribution in [0, 0.1) is 20.8 Å². The summed E-state index contributed by atoms with van der Waals surface area (Å²) in [6.07, 6.45) is 1.19. The highest BCUT2D eigenvalue weighted by molar-refractivity contribution is 7.92. The molecular weight excluding hydrogens is 372 g/mol. The molecule has 0 aromatic heterocycles. The third-order valence-electron chi connectivity index (χ3n) is 3.94. The van der Waals surface area contributed by atoms with Gasteiger partial charge in [0.2, 0.25) is 15.9 Å². The first kappa shape index (κ1) is 20.3. The van der Waals surface area contributed by atoms with Gasteiger partial charge in [0.25, 0.3) is 0 Å². The number of carbonyl (C=O) groups excluding carboxylic acids is 1. The Morgan fingerprint density at radius 3 is 2.27 bits per heavy atom. The molecule has 0 atom stereocenters. The molecule has 0 spiro atoms. The van der Waals surface area contributed by atoms with Crippen molar-refractivity contribution in [3.05, 3.63) is 58.1 Å². The van der Waals surface area contributed by atoms with E-state index in [0.717, 1.165) is 22.9 Å². The molecule has 26 heavy (non-hydrogen) atoms. The molecule has 0 saturated carbocycles. The van der Waals surface area contributed by atoms with Gasteiger partial charge in [-0.3, -0.25) is 9.10 Å². The SMILES string of the molecule is Cc1cc(C)c(N(CCC(=O)Nc2cccc(Cl)c2)S(C)(=O)=O)c(C)c1. The van der Waals surface area contributed by atoms with Crippen molar-refractivity contribution >= 4 is 38.9 Å². The highest BCUT2D eigenvalue weighted by Crippen LogP contribution is 2.28. The van der Waals surface area contributed by atoms with E-state index in [2.05, 4.69) is 5.32 Å². The van der Waals surface area contributed by atoms with Crippen LogP contribution in [0.5, 0.6) is 0 Å². The van der Waals surface area contributed by atoms with E-state index in [4.69, 9.17) is 11.6 Å². The first-order valence-electron chi connectivity index (χ1n) is 8.19. The molecule has 0 bridgehead atoms. The van der Waals surface area contributed by atoms with E-state index in [1.54, 1.807) is 24.3 Å². The molecular formula is C19H23ClN2O3S. The van der Waals surface area contributed by atoms with Crippen LogP contribution in [0.25, 0.3) is 0 Å². The monoisotopic (exact) mass is 394 g/mol. The van der Waals surface area contributed by atoms with Crippen LogP contribution in [0.15, 0.2) is 36.4 Å². The van der Waals surface area contributed by atoms with E-state index in [-0.39, 0.29) is 18.9 Å². The van der Waals surface area contributed by atoms with Crippen molar-refractivity contribution in [1.29, 1.82) is 0 Å². The van der Waals surface area contributed by atoms with E-state index >= 15 is 0 Å². The van der Waals surface area contributed by atoms with Crippen LogP contribution in [0.1, 0.15) is 23.1 Å². The molecule has 0 unspecified atom stereocenters. The second-order valence-corrected chi connectivity index (χ2v) is 8.73. The van der Waals surface area contributed by atoms with Crippen molar-refractivity contribution in [2.75, 3.05) is 22.4 Å². The second-order valence-electron chi connectivity index (χ2n) is 6.39. The van der Waals surface area contributed by atoms with Gasteiger partial charge in [-0.15, -0.1) is 0 Å². The molecule has 0 heterocycles. The largest absolute Gasteiger partial charge is 0.326 e. The lowest BCUT2D eigenvalue weighted by atomic mass is 10.1. The average Bonchev–Trinajstić information content (AvgIpc) is 2.48. The minimum Gasteiger partial charge on any atom is -0.326 e. The number of hydrogen-bond donors (Lipinski definition) is 1. The van der Waals surface area contributed by atoms with Crippen molar-refractivity contribution in [1.82, 2.24) is 0 Å². The lowest BCUT2D eigenvalue weighted by Crippen LogP contribution is -2.34. The van der Waals surface area contributed by atoms with Crippen LogP contribution >= 0.6 is 11.6 Å². The predicted molar refractivity (Wildman–Crippen MR) is 108 cm³/mol. The Labute approximate surface area is 160 Å². The van der Waals surface area contributed by atoms with Gasteiger partial charge in [-0.05, 0) is 50.1 Å². The third kappa shape index (κ3) is 5.22. The van der Waals surface area contributed by atoms with E-state index in [1.807, 2.05) is 32.9 Å². The first-order chi connectivity index (χ1) is 12.1. The number of sulfonamides is 1. The normalized spacial score (nSPS) is 11.3. The molecule has 2 aromatic rings. The van der Waals surface area contributed by atoms with Crippen LogP contribution in [-0.2, 0) is 14.8 Å². The molecule has 5 nitrogen and oxygen atoms in total. The molecule has 1 N–H and O–H groups in total. The van der Waals surface area contributed by atoms with Gasteiger partial charge in [-0.1, -0.05) is 35.4 Å². The van der Waals surface area contributed by atoms with Crippen LogP contribution in [-0.4, -0.2) is 27.1 Å². The molecule has 0 radical (unpaired) electrons. The first-order valence-corrected chi connectivity index (χ1v) is 10.4. The summed E-state index contributed by atoms with van der Waals surface area (Å²) in [6.45, 7) is 5.78. The lowest BCUT2D eigenvalue weighted by molar-refractivity contribution is -0.116. The zero-order valence-corrected chi connectivity index (χ0v) is 16.9. The number of benzene rings is 2. The van der Waals surface area contributed by atoms with Gasteiger partial charge >= 0.3 is 0 Å². The highest BCUT2D eigenvalue weighted by Gasteiger charge is 2.22. The molecule has 0 aliphatic carbocycles. The topological polar surface area (TPSA) is 66.5 Å². The molecule has 0 aliphatic heterocycles. The smallest absolute Gasteiger partial charge is 0.232 e. The zero-order valence-electron chi connectivity index (χ0n) is 15.3. The Morgan fingerprint density at radius 1 is 1.12 bits per heavy atom. The maximum atomic E-state index is 12.3. The van der Waals surface area contributed by atoms with Gasteiger partial charge in [0.05, 0.1) is 11.9 Å². The summed E-state index contributed by atoms with van der Waals surface area (Å²) in [5, 5.41) is 3.25. The minimum absolute atomic E-state index is 0.0341. The summed E-state index contributed by atoms with van der Waals surface area (Å²) in [7, 11) is -3.52. The number of aryl methyl sites for hydroxylation is 3. The fourth-order valence-electron chi connectivity index (χ4n) is 3.00. The van der Waals surface area contributed by atoms with Gasteiger partial charge in [0.15, 0.2) is 0 Å². The quantitative estimate of drug-likeness (QED) is 0.803. The van der Waals surface area contributed by atoms with E-state index in [0.29, 0.717) is 16.4 Å². The van der Waals surface area contributed by atoms with Crippen molar-refractivity contribution < 1.29 is 13.2 Å². The van der Waals surface area contributed by atoms with Gasteiger partial charge in [-0.25, -0.2) is 8.42 Å². The number of amides is 1. The molecule has 0 aliphatic rings. The standard InChI is InChI=1S/C19H23ClN2O3S/c1-13-10-14(2)19(15(3)11-13)22(26(4,24)25)9-8-18(23)21-17-7-5-6-16(20)12-17/h5-7,10-12H,8-9H2,1-4H3,(H,21,23). The summed E-state index contributed by atoms with van der Waals surface area (Å²) in [5.41, 5.74) is 4.01. The van der Waals surface area contributed by atoms with E-state index in [1.165, 1.54) is 4.31 Å². The molecule has 1 amide bonds. The fourth-order valence-corrected chi connectivity index (χ4v) is 4.23. The van der Waals surface area contributed by atoms with Crippen LogP contribution in [0.2, 0.25) is 5.02 Å². The average molecular weight is 395 g/mol. The van der Waals surface area contributed by atoms with Crippen LogP contribution in [0.4, 0.5) is 11.4 Å². The number of rotatable bonds is 6. The van der Waals surface area contributed by atoms with E-state index < -0.39 is 10.0 Å². The van der Waals surface area contributed by atoms with E-state index in [9.17, 15) is 13.2 Å². The van der Waals surface area contributed by atoms with Gasteiger partial charge in [0.1, 0.15) is 0 Å². The molecule has 2 rings (SSSR count). The molecule has 0 fully saturated rings. The summed E-state index contributed by atoms with van der Waals surface area (Å²) in [4.78, 5) is 12.2. The maximum absolute atomic E-state index is 12.3. The third-order valence-corrected chi connectivity index (χ3v) is 5.34. The van der Waals surface area contributed by atoms with Crippen molar-refractivity contribution in [2.24, 2.45) is 0 Å². The number of nitrogens with zero attached hydrogens (tertiary/aromatic N) is 1. The Kier molecular flexibility index (Phi) is 6.31. The van der Waals surface area contributed by atoms with Crippen molar-refractivity contribution in [3.8, 4) is 0 Å². The Balaban J connectivity index is 2.19. The van der Waals surface area contributed by atoms with Gasteiger partial charge in [-0.2, -0.15) is 0 Å². The zero-order chi connectivity index (χ0) is 19.5. The Morgan fingerprint density at radius 2 is 1.73 bits per heavy atom. The summed E-state index contributed by atoms with van der Waals surface area (Å²) >= 11 is 5.90. The predicted octanol–water partition coefficient (Wildman–Crippen LogP) is 4.06. The van der Waals surface area contributed by atoms with Crippen LogP contribution in [0.3, 0.4) is 0 Å².